The van der Waals surface area contributed by atoms with E-state index in [0.717, 1.165) is 35.7 Å². The molecule has 84 valence electrons. The van der Waals surface area contributed by atoms with Crippen molar-refractivity contribution in [1.82, 2.24) is 0 Å². The average Bonchev–Trinajstić information content (AvgIpc) is 2.23. The fourth-order valence-corrected chi connectivity index (χ4v) is 2.02. The van der Waals surface area contributed by atoms with E-state index in [1.807, 2.05) is 6.07 Å². The van der Waals surface area contributed by atoms with Crippen LogP contribution >= 0.6 is 27.5 Å². The molecule has 0 heterocycles. The van der Waals surface area contributed by atoms with Gasteiger partial charge in [-0.2, -0.15) is 0 Å². The van der Waals surface area contributed by atoms with Crippen LogP contribution in [0.3, 0.4) is 0 Å². The van der Waals surface area contributed by atoms with E-state index in [-0.39, 0.29) is 11.2 Å². The highest BCUT2D eigenvalue weighted by Gasteiger charge is 2.05. The minimum atomic E-state index is -0.124. The second-order valence-corrected chi connectivity index (χ2v) is 5.17. The number of alkyl halides is 1. The predicted octanol–water partition coefficient (Wildman–Crippen LogP) is 4.93. The monoisotopic (exact) mass is 292 g/mol. The van der Waals surface area contributed by atoms with E-state index in [1.165, 1.54) is 6.07 Å². The Hall–Kier alpha value is -0.0800. The van der Waals surface area contributed by atoms with Gasteiger partial charge in [-0.3, -0.25) is 0 Å². The van der Waals surface area contributed by atoms with Gasteiger partial charge in [0, 0.05) is 9.85 Å². The number of benzene rings is 1. The van der Waals surface area contributed by atoms with Crippen LogP contribution in [0.25, 0.3) is 0 Å². The molecule has 1 rings (SSSR count). The normalized spacial score (nSPS) is 12.8. The van der Waals surface area contributed by atoms with E-state index in [4.69, 9.17) is 11.6 Å². The Bertz CT molecular complexity index is 314. The van der Waals surface area contributed by atoms with Crippen molar-refractivity contribution in [2.45, 2.75) is 38.0 Å². The molecule has 0 radical (unpaired) electrons. The summed E-state index contributed by atoms with van der Waals surface area (Å²) in [4.78, 5) is 0. The molecule has 1 unspecified atom stereocenters. The highest BCUT2D eigenvalue weighted by molar-refractivity contribution is 9.10. The minimum absolute atomic E-state index is 0.124. The van der Waals surface area contributed by atoms with E-state index in [1.54, 1.807) is 6.07 Å². The molecule has 0 aliphatic rings. The summed E-state index contributed by atoms with van der Waals surface area (Å²) in [5.41, 5.74) is 0.768. The van der Waals surface area contributed by atoms with Gasteiger partial charge in [-0.15, -0.1) is 11.6 Å². The Morgan fingerprint density at radius 2 is 2.20 bits per heavy atom. The molecule has 0 aromatic heterocycles. The summed E-state index contributed by atoms with van der Waals surface area (Å²) in [6, 6.07) is 5.05. The highest BCUT2D eigenvalue weighted by atomic mass is 79.9. The molecule has 0 nitrogen and oxygen atoms in total. The van der Waals surface area contributed by atoms with Crippen molar-refractivity contribution >= 4 is 27.5 Å². The van der Waals surface area contributed by atoms with Crippen LogP contribution in [0.2, 0.25) is 0 Å². The molecule has 3 heteroatoms. The maximum Gasteiger partial charge on any atom is 0.126 e. The largest absolute Gasteiger partial charge is 0.207 e. The molecule has 1 aromatic rings. The smallest absolute Gasteiger partial charge is 0.126 e. The fourth-order valence-electron chi connectivity index (χ4n) is 1.45. The van der Waals surface area contributed by atoms with Crippen LogP contribution in [0.4, 0.5) is 4.39 Å². The quantitative estimate of drug-likeness (QED) is 0.675. The lowest BCUT2D eigenvalue weighted by molar-refractivity contribution is 0.594. The fraction of sp³-hybridized carbons (Fsp3) is 0.500. The van der Waals surface area contributed by atoms with Gasteiger partial charge in [0.2, 0.25) is 0 Å². The van der Waals surface area contributed by atoms with E-state index in [9.17, 15) is 4.39 Å². The van der Waals surface area contributed by atoms with E-state index >= 15 is 0 Å². The molecule has 1 aromatic carbocycles. The first-order chi connectivity index (χ1) is 7.13. The lowest BCUT2D eigenvalue weighted by Crippen LogP contribution is -1.98. The van der Waals surface area contributed by atoms with Crippen LogP contribution in [0.15, 0.2) is 22.7 Å². The number of hydrogen-bond donors (Lipinski definition) is 0. The van der Waals surface area contributed by atoms with Gasteiger partial charge < -0.3 is 0 Å². The van der Waals surface area contributed by atoms with Crippen molar-refractivity contribution in [3.63, 3.8) is 0 Å². The van der Waals surface area contributed by atoms with Crippen molar-refractivity contribution in [3.05, 3.63) is 34.1 Å². The second kappa shape index (κ2) is 6.49. The third-order valence-corrected chi connectivity index (χ3v) is 3.43. The standard InChI is InChI=1S/C12H15BrClF/c1-2-11(14)5-3-4-9-8-10(13)6-7-12(9)15/h6-8,11H,2-5H2,1H3. The van der Waals surface area contributed by atoms with Crippen LogP contribution in [0.1, 0.15) is 31.7 Å². The summed E-state index contributed by atoms with van der Waals surface area (Å²) >= 11 is 9.34. The van der Waals surface area contributed by atoms with Crippen molar-refractivity contribution in [2.75, 3.05) is 0 Å². The summed E-state index contributed by atoms with van der Waals surface area (Å²) in [7, 11) is 0. The lowest BCUT2D eigenvalue weighted by Gasteiger charge is -2.07. The molecule has 0 bridgehead atoms. The van der Waals surface area contributed by atoms with Crippen LogP contribution in [-0.2, 0) is 6.42 Å². The molecule has 0 aliphatic carbocycles. The molecule has 0 fully saturated rings. The molecular formula is C12H15BrClF. The van der Waals surface area contributed by atoms with Gasteiger partial charge in [0.1, 0.15) is 5.82 Å². The van der Waals surface area contributed by atoms with Crippen molar-refractivity contribution in [1.29, 1.82) is 0 Å². The Morgan fingerprint density at radius 1 is 1.47 bits per heavy atom. The SMILES string of the molecule is CCC(Cl)CCCc1cc(Br)ccc1F. The van der Waals surface area contributed by atoms with Crippen LogP contribution in [-0.4, -0.2) is 5.38 Å². The summed E-state index contributed by atoms with van der Waals surface area (Å²) in [6.07, 6.45) is 3.62. The minimum Gasteiger partial charge on any atom is -0.207 e. The topological polar surface area (TPSA) is 0 Å². The van der Waals surface area contributed by atoms with Crippen LogP contribution < -0.4 is 0 Å². The highest BCUT2D eigenvalue weighted by Crippen LogP contribution is 2.19. The molecule has 0 saturated heterocycles. The van der Waals surface area contributed by atoms with Gasteiger partial charge in [-0.1, -0.05) is 22.9 Å². The Morgan fingerprint density at radius 3 is 2.87 bits per heavy atom. The number of aryl methyl sites for hydroxylation is 1. The Kier molecular flexibility index (Phi) is 5.62. The number of rotatable bonds is 5. The Labute approximate surface area is 104 Å². The molecular weight excluding hydrogens is 278 g/mol. The summed E-state index contributed by atoms with van der Waals surface area (Å²) < 4.78 is 14.2. The molecule has 0 spiro atoms. The van der Waals surface area contributed by atoms with Gasteiger partial charge in [-0.25, -0.2) is 4.39 Å². The second-order valence-electron chi connectivity index (χ2n) is 3.63. The average molecular weight is 294 g/mol. The third-order valence-electron chi connectivity index (χ3n) is 2.41. The maximum absolute atomic E-state index is 13.3. The van der Waals surface area contributed by atoms with Crippen LogP contribution in [0.5, 0.6) is 0 Å². The van der Waals surface area contributed by atoms with Gasteiger partial charge >= 0.3 is 0 Å². The zero-order valence-electron chi connectivity index (χ0n) is 8.77. The molecule has 0 amide bonds. The van der Waals surface area contributed by atoms with Gasteiger partial charge in [0.15, 0.2) is 0 Å². The van der Waals surface area contributed by atoms with Gasteiger partial charge in [0.25, 0.3) is 0 Å². The van der Waals surface area contributed by atoms with E-state index in [2.05, 4.69) is 22.9 Å². The number of halogens is 3. The predicted molar refractivity (Wildman–Crippen MR) is 67.0 cm³/mol. The first-order valence-corrected chi connectivity index (χ1v) is 6.44. The maximum atomic E-state index is 13.3. The molecule has 15 heavy (non-hydrogen) atoms. The third kappa shape index (κ3) is 4.52. The van der Waals surface area contributed by atoms with Gasteiger partial charge in [0.05, 0.1) is 0 Å². The molecule has 0 N–H and O–H groups in total. The van der Waals surface area contributed by atoms with Gasteiger partial charge in [-0.05, 0) is 49.4 Å². The van der Waals surface area contributed by atoms with E-state index < -0.39 is 0 Å². The summed E-state index contributed by atoms with van der Waals surface area (Å²) in [6.45, 7) is 2.07. The number of hydrogen-bond acceptors (Lipinski definition) is 0. The zero-order valence-corrected chi connectivity index (χ0v) is 11.1. The molecule has 1 atom stereocenters. The first kappa shape index (κ1) is 13.0. The van der Waals surface area contributed by atoms with Crippen molar-refractivity contribution in [3.8, 4) is 0 Å². The Balaban J connectivity index is 2.46. The summed E-state index contributed by atoms with van der Waals surface area (Å²) in [5, 5.41) is 0.222. The molecule has 0 aliphatic heterocycles. The van der Waals surface area contributed by atoms with Crippen LogP contribution in [0, 0.1) is 5.82 Å². The first-order valence-electron chi connectivity index (χ1n) is 5.21. The van der Waals surface area contributed by atoms with Crippen molar-refractivity contribution in [2.24, 2.45) is 0 Å². The lowest BCUT2D eigenvalue weighted by atomic mass is 10.1. The van der Waals surface area contributed by atoms with Crippen molar-refractivity contribution < 1.29 is 4.39 Å². The zero-order chi connectivity index (χ0) is 11.3. The summed E-state index contributed by atoms with van der Waals surface area (Å²) in [5.74, 6) is -0.124. The van der Waals surface area contributed by atoms with E-state index in [0.29, 0.717) is 0 Å². The molecule has 0 saturated carbocycles.